The Labute approximate surface area is 262 Å². The summed E-state index contributed by atoms with van der Waals surface area (Å²) in [5.74, 6) is 1.27. The molecule has 1 aliphatic heterocycles. The Morgan fingerprint density at radius 3 is 1.93 bits per heavy atom. The van der Waals surface area contributed by atoms with Gasteiger partial charge in [-0.15, -0.1) is 0 Å². The summed E-state index contributed by atoms with van der Waals surface area (Å²) < 4.78 is 2.36. The van der Waals surface area contributed by atoms with E-state index < -0.39 is 0 Å². The predicted molar refractivity (Wildman–Crippen MR) is 187 cm³/mol. The number of aromatic nitrogens is 2. The molecular weight excluding hydrogens is 548 g/mol. The molecule has 45 heavy (non-hydrogen) atoms. The molecule has 9 rings (SSSR count). The van der Waals surface area contributed by atoms with Gasteiger partial charge in [0.1, 0.15) is 0 Å². The highest BCUT2D eigenvalue weighted by Crippen LogP contribution is 2.44. The van der Waals surface area contributed by atoms with Crippen molar-refractivity contribution in [2.75, 3.05) is 4.90 Å². The zero-order valence-corrected chi connectivity index (χ0v) is 24.7. The second-order valence-corrected chi connectivity index (χ2v) is 11.9. The minimum Gasteiger partial charge on any atom is -0.310 e. The number of benzene rings is 5. The summed E-state index contributed by atoms with van der Waals surface area (Å²) in [7, 11) is 0. The van der Waals surface area contributed by atoms with E-state index in [9.17, 15) is 0 Å². The summed E-state index contributed by atoms with van der Waals surface area (Å²) >= 11 is 0. The summed E-state index contributed by atoms with van der Waals surface area (Å²) in [5, 5.41) is 2.53. The van der Waals surface area contributed by atoms with Gasteiger partial charge in [-0.25, -0.2) is 0 Å². The first-order chi connectivity index (χ1) is 22.3. The first-order valence-electron chi connectivity index (χ1n) is 15.6. The van der Waals surface area contributed by atoms with Crippen LogP contribution in [0.3, 0.4) is 0 Å². The van der Waals surface area contributed by atoms with Gasteiger partial charge < -0.3 is 9.47 Å². The zero-order valence-electron chi connectivity index (χ0n) is 24.7. The molecule has 1 saturated carbocycles. The fourth-order valence-electron chi connectivity index (χ4n) is 6.73. The van der Waals surface area contributed by atoms with Crippen molar-refractivity contribution in [3.05, 3.63) is 157 Å². The van der Waals surface area contributed by atoms with Crippen molar-refractivity contribution in [1.29, 1.82) is 0 Å². The number of pyridine rings is 1. The number of aliphatic imine (C=N–C) groups is 1. The second kappa shape index (κ2) is 10.5. The minimum atomic E-state index is 0.635. The van der Waals surface area contributed by atoms with E-state index in [2.05, 4.69) is 154 Å². The summed E-state index contributed by atoms with van der Waals surface area (Å²) in [6.07, 6.45) is 7.54. The van der Waals surface area contributed by atoms with E-state index >= 15 is 0 Å². The monoisotopic (exact) mass is 578 g/mol. The normalized spacial score (nSPS) is 16.8. The maximum atomic E-state index is 4.82. The van der Waals surface area contributed by atoms with Crippen LogP contribution in [0.2, 0.25) is 0 Å². The van der Waals surface area contributed by atoms with Crippen LogP contribution in [-0.2, 0) is 0 Å². The standard InChI is InChI=1S/C41H30N4/c1-3-16-40-36(13-1)37-14-2-4-17-41(37)45(40)33-20-18-32(19-21-33)44(34-11-7-9-28(24-34)38-15-5-6-22-42-38)35-12-8-10-29(25-35)39-26-30-23-31(30)27-43-39/h1-22,24-27,30-31H,23H2. The minimum absolute atomic E-state index is 0.635. The number of rotatable bonds is 6. The predicted octanol–water partition coefficient (Wildman–Crippen LogP) is 10.4. The number of nitrogens with zero attached hydrogens (tertiary/aromatic N) is 4. The molecule has 5 aromatic carbocycles. The van der Waals surface area contributed by atoms with E-state index in [1.54, 1.807) is 0 Å². The zero-order chi connectivity index (χ0) is 29.7. The molecule has 7 aromatic rings. The molecule has 2 unspecified atom stereocenters. The van der Waals surface area contributed by atoms with Gasteiger partial charge in [0.05, 0.1) is 22.4 Å². The fourth-order valence-corrected chi connectivity index (χ4v) is 6.73. The lowest BCUT2D eigenvalue weighted by atomic mass is 10.1. The number of para-hydroxylation sites is 2. The Balaban J connectivity index is 1.18. The van der Waals surface area contributed by atoms with Crippen LogP contribution >= 0.6 is 0 Å². The lowest BCUT2D eigenvalue weighted by molar-refractivity contribution is 1.03. The van der Waals surface area contributed by atoms with Gasteiger partial charge in [-0.1, -0.05) is 72.8 Å². The largest absolute Gasteiger partial charge is 0.310 e. The Morgan fingerprint density at radius 2 is 1.24 bits per heavy atom. The van der Waals surface area contributed by atoms with Gasteiger partial charge in [-0.3, -0.25) is 9.98 Å². The van der Waals surface area contributed by atoms with E-state index in [1.807, 2.05) is 18.3 Å². The van der Waals surface area contributed by atoms with E-state index in [1.165, 1.54) is 28.2 Å². The maximum absolute atomic E-state index is 4.82. The Bertz CT molecular complexity index is 2210. The van der Waals surface area contributed by atoms with E-state index in [0.717, 1.165) is 45.3 Å². The van der Waals surface area contributed by atoms with Crippen molar-refractivity contribution in [1.82, 2.24) is 9.55 Å². The van der Waals surface area contributed by atoms with Crippen molar-refractivity contribution in [3.8, 4) is 16.9 Å². The van der Waals surface area contributed by atoms with Gasteiger partial charge in [0, 0.05) is 63.0 Å². The van der Waals surface area contributed by atoms with Crippen LogP contribution in [0.25, 0.3) is 44.4 Å². The van der Waals surface area contributed by atoms with E-state index in [4.69, 9.17) is 4.99 Å². The highest BCUT2D eigenvalue weighted by Gasteiger charge is 2.36. The average molecular weight is 579 g/mol. The molecule has 4 nitrogen and oxygen atoms in total. The highest BCUT2D eigenvalue weighted by atomic mass is 15.1. The number of hydrogen-bond donors (Lipinski definition) is 0. The van der Waals surface area contributed by atoms with Crippen molar-refractivity contribution in [2.45, 2.75) is 6.42 Å². The Hall–Kier alpha value is -5.74. The van der Waals surface area contributed by atoms with Crippen LogP contribution in [0, 0.1) is 11.8 Å². The third-order valence-corrected chi connectivity index (χ3v) is 9.08. The summed E-state index contributed by atoms with van der Waals surface area (Å²) in [6, 6.07) is 49.7. The molecule has 1 aliphatic carbocycles. The molecule has 214 valence electrons. The molecule has 0 bridgehead atoms. The Kier molecular flexibility index (Phi) is 5.98. The first kappa shape index (κ1) is 25.7. The number of anilines is 3. The molecule has 1 fully saturated rings. The lowest BCUT2D eigenvalue weighted by Gasteiger charge is -2.27. The topological polar surface area (TPSA) is 33.4 Å². The van der Waals surface area contributed by atoms with Gasteiger partial charge in [-0.2, -0.15) is 0 Å². The smallest absolute Gasteiger partial charge is 0.0702 e. The van der Waals surface area contributed by atoms with E-state index in [-0.39, 0.29) is 0 Å². The van der Waals surface area contributed by atoms with Gasteiger partial charge >= 0.3 is 0 Å². The number of fused-ring (bicyclic) bond motifs is 4. The van der Waals surface area contributed by atoms with Gasteiger partial charge in [-0.05, 0) is 85.1 Å². The fraction of sp³-hybridized carbons (Fsp3) is 0.0732. The quantitative estimate of drug-likeness (QED) is 0.197. The molecule has 3 heterocycles. The molecule has 2 aromatic heterocycles. The van der Waals surface area contributed by atoms with Gasteiger partial charge in [0.2, 0.25) is 0 Å². The summed E-state index contributed by atoms with van der Waals surface area (Å²) in [4.78, 5) is 11.8. The van der Waals surface area contributed by atoms with Crippen LogP contribution in [0.15, 0.2) is 157 Å². The van der Waals surface area contributed by atoms with Gasteiger partial charge in [0.25, 0.3) is 0 Å². The molecule has 0 spiro atoms. The molecular formula is C41H30N4. The Morgan fingerprint density at radius 1 is 0.578 bits per heavy atom. The third kappa shape index (κ3) is 4.54. The molecule has 4 heteroatoms. The molecule has 0 radical (unpaired) electrons. The second-order valence-electron chi connectivity index (χ2n) is 11.9. The molecule has 0 amide bonds. The van der Waals surface area contributed by atoms with Crippen molar-refractivity contribution >= 4 is 50.8 Å². The maximum Gasteiger partial charge on any atom is 0.0702 e. The van der Waals surface area contributed by atoms with Crippen LogP contribution in [0.1, 0.15) is 12.0 Å². The molecule has 2 atom stereocenters. The average Bonchev–Trinajstić information content (AvgIpc) is 3.82. The van der Waals surface area contributed by atoms with Crippen molar-refractivity contribution < 1.29 is 0 Å². The van der Waals surface area contributed by atoms with Crippen molar-refractivity contribution in [3.63, 3.8) is 0 Å². The molecule has 0 saturated heterocycles. The van der Waals surface area contributed by atoms with Crippen molar-refractivity contribution in [2.24, 2.45) is 16.8 Å². The van der Waals surface area contributed by atoms with Gasteiger partial charge in [0.15, 0.2) is 0 Å². The highest BCUT2D eigenvalue weighted by molar-refractivity contribution is 6.09. The number of hydrogen-bond acceptors (Lipinski definition) is 3. The molecule has 0 N–H and O–H groups in total. The molecule has 2 aliphatic rings. The van der Waals surface area contributed by atoms with Crippen LogP contribution in [0.4, 0.5) is 17.1 Å². The lowest BCUT2D eigenvalue weighted by Crippen LogP contribution is -2.10. The first-order valence-corrected chi connectivity index (χ1v) is 15.6. The SMILES string of the molecule is C1=NC(c2cccc(N(c3ccc(-n4c5ccccc5c5ccccc54)cc3)c3cccc(-c4ccccn4)c3)c2)=CC2CC12. The number of allylic oxidation sites excluding steroid dienone is 1. The van der Waals surface area contributed by atoms with Crippen LogP contribution < -0.4 is 4.90 Å². The summed E-state index contributed by atoms with van der Waals surface area (Å²) in [5.41, 5.74) is 11.0. The van der Waals surface area contributed by atoms with Crippen LogP contribution in [0.5, 0.6) is 0 Å². The van der Waals surface area contributed by atoms with Crippen LogP contribution in [-0.4, -0.2) is 15.8 Å². The third-order valence-electron chi connectivity index (χ3n) is 9.08. The van der Waals surface area contributed by atoms with E-state index in [0.29, 0.717) is 11.8 Å². The summed E-state index contributed by atoms with van der Waals surface area (Å²) in [6.45, 7) is 0.